The molecule has 1 fully saturated rings. The molecule has 1 aliphatic heterocycles. The van der Waals surface area contributed by atoms with E-state index in [1.807, 2.05) is 19.2 Å². The van der Waals surface area contributed by atoms with Gasteiger partial charge in [0.2, 0.25) is 0 Å². The second-order valence-corrected chi connectivity index (χ2v) is 5.61. The van der Waals surface area contributed by atoms with E-state index in [1.165, 1.54) is 30.5 Å². The third-order valence-corrected chi connectivity index (χ3v) is 3.81. The van der Waals surface area contributed by atoms with E-state index in [2.05, 4.69) is 23.3 Å². The molecule has 0 radical (unpaired) electrons. The number of ether oxygens (including phenoxy) is 1. The number of hydrogen-bond donors (Lipinski definition) is 1. The lowest BCUT2D eigenvalue weighted by Crippen LogP contribution is -2.34. The fourth-order valence-corrected chi connectivity index (χ4v) is 2.81. The molecule has 106 valence electrons. The van der Waals surface area contributed by atoms with Gasteiger partial charge in [-0.3, -0.25) is 0 Å². The van der Waals surface area contributed by atoms with Crippen LogP contribution in [0.4, 0.5) is 5.69 Å². The molecule has 1 aromatic carbocycles. The molecule has 0 aromatic heterocycles. The van der Waals surface area contributed by atoms with Crippen LogP contribution in [-0.4, -0.2) is 33.4 Å². The molecule has 1 saturated heterocycles. The molecule has 1 atom stereocenters. The average molecular weight is 283 g/mol. The highest BCUT2D eigenvalue weighted by atomic mass is 35.5. The van der Waals surface area contributed by atoms with Gasteiger partial charge in [0.25, 0.3) is 0 Å². The van der Waals surface area contributed by atoms with Crippen LogP contribution >= 0.6 is 11.6 Å². The normalized spacial score (nSPS) is 19.4. The fourth-order valence-electron chi connectivity index (χ4n) is 2.61. The first kappa shape index (κ1) is 14.6. The van der Waals surface area contributed by atoms with Crippen LogP contribution in [0.5, 0.6) is 0 Å². The molecule has 0 aliphatic carbocycles. The molecule has 0 bridgehead atoms. The van der Waals surface area contributed by atoms with E-state index in [4.69, 9.17) is 16.3 Å². The zero-order chi connectivity index (χ0) is 13.7. The van der Waals surface area contributed by atoms with E-state index in [0.717, 1.165) is 24.7 Å². The lowest BCUT2D eigenvalue weighted by molar-refractivity contribution is 0.0216. The molecule has 0 saturated carbocycles. The van der Waals surface area contributed by atoms with Gasteiger partial charge in [0.1, 0.15) is 0 Å². The number of nitrogens with zero attached hydrogens (tertiary/aromatic N) is 1. The van der Waals surface area contributed by atoms with Crippen LogP contribution in [0.25, 0.3) is 0 Å². The summed E-state index contributed by atoms with van der Waals surface area (Å²) in [7, 11) is 4.08. The minimum absolute atomic E-state index is 0.358. The predicted octanol–water partition coefficient (Wildman–Crippen LogP) is 3.06. The van der Waals surface area contributed by atoms with Crippen molar-refractivity contribution in [3.63, 3.8) is 0 Å². The van der Waals surface area contributed by atoms with E-state index in [1.54, 1.807) is 0 Å². The number of benzene rings is 1. The van der Waals surface area contributed by atoms with Gasteiger partial charge >= 0.3 is 0 Å². The molecule has 1 aliphatic rings. The van der Waals surface area contributed by atoms with Crippen molar-refractivity contribution in [3.05, 3.63) is 28.8 Å². The average Bonchev–Trinajstić information content (AvgIpc) is 2.40. The Balaban J connectivity index is 2.06. The van der Waals surface area contributed by atoms with Crippen molar-refractivity contribution in [3.8, 4) is 0 Å². The lowest BCUT2D eigenvalue weighted by atomic mass is 10.1. The van der Waals surface area contributed by atoms with E-state index >= 15 is 0 Å². The minimum atomic E-state index is 0.358. The van der Waals surface area contributed by atoms with Gasteiger partial charge in [-0.05, 0) is 50.1 Å². The zero-order valence-electron chi connectivity index (χ0n) is 11.8. The van der Waals surface area contributed by atoms with Crippen LogP contribution in [0, 0.1) is 0 Å². The molecule has 19 heavy (non-hydrogen) atoms. The summed E-state index contributed by atoms with van der Waals surface area (Å²) >= 11 is 6.08. The third kappa shape index (κ3) is 4.10. The number of hydrogen-bond acceptors (Lipinski definition) is 3. The summed E-state index contributed by atoms with van der Waals surface area (Å²) in [4.78, 5) is 2.28. The Hall–Kier alpha value is -0.770. The Morgan fingerprint density at radius 3 is 2.95 bits per heavy atom. The Labute approximate surface area is 120 Å². The molecule has 1 N–H and O–H groups in total. The summed E-state index contributed by atoms with van der Waals surface area (Å²) in [5.41, 5.74) is 2.46. The Morgan fingerprint density at radius 2 is 2.26 bits per heavy atom. The van der Waals surface area contributed by atoms with Crippen molar-refractivity contribution in [2.75, 3.05) is 32.1 Å². The first-order chi connectivity index (χ1) is 9.20. The Kier molecular flexibility index (Phi) is 5.49. The summed E-state index contributed by atoms with van der Waals surface area (Å²) < 4.78 is 5.81. The monoisotopic (exact) mass is 282 g/mol. The van der Waals surface area contributed by atoms with Crippen molar-refractivity contribution in [1.82, 2.24) is 5.32 Å². The summed E-state index contributed by atoms with van der Waals surface area (Å²) in [6.07, 6.45) is 4.00. The SMILES string of the molecule is CNCc1cc(Cl)ccc1N(C)CC1CCCCO1. The minimum Gasteiger partial charge on any atom is -0.376 e. The highest BCUT2D eigenvalue weighted by molar-refractivity contribution is 6.30. The second-order valence-electron chi connectivity index (χ2n) is 5.17. The number of nitrogens with one attached hydrogen (secondary N) is 1. The van der Waals surface area contributed by atoms with Gasteiger partial charge < -0.3 is 15.0 Å². The fraction of sp³-hybridized carbons (Fsp3) is 0.600. The summed E-state index contributed by atoms with van der Waals surface area (Å²) in [6, 6.07) is 6.08. The molecule has 1 aromatic rings. The van der Waals surface area contributed by atoms with Gasteiger partial charge in [0.05, 0.1) is 6.10 Å². The standard InChI is InChI=1S/C15H23ClN2O/c1-17-10-12-9-13(16)6-7-15(12)18(2)11-14-5-3-4-8-19-14/h6-7,9,14,17H,3-5,8,10-11H2,1-2H3. The maximum absolute atomic E-state index is 6.08. The van der Waals surface area contributed by atoms with E-state index in [0.29, 0.717) is 6.10 Å². The summed E-state index contributed by atoms with van der Waals surface area (Å²) in [6.45, 7) is 2.67. The zero-order valence-corrected chi connectivity index (χ0v) is 12.5. The largest absolute Gasteiger partial charge is 0.376 e. The molecule has 1 unspecified atom stereocenters. The van der Waals surface area contributed by atoms with Crippen molar-refractivity contribution in [2.45, 2.75) is 31.9 Å². The smallest absolute Gasteiger partial charge is 0.0749 e. The molecule has 0 amide bonds. The maximum atomic E-state index is 6.08. The Morgan fingerprint density at radius 1 is 1.42 bits per heavy atom. The van der Waals surface area contributed by atoms with Gasteiger partial charge in [0.15, 0.2) is 0 Å². The van der Waals surface area contributed by atoms with Crippen LogP contribution in [0.15, 0.2) is 18.2 Å². The Bertz CT molecular complexity index is 405. The molecule has 2 rings (SSSR count). The molecule has 3 nitrogen and oxygen atoms in total. The first-order valence-corrected chi connectivity index (χ1v) is 7.34. The number of anilines is 1. The second kappa shape index (κ2) is 7.13. The van der Waals surface area contributed by atoms with E-state index < -0.39 is 0 Å². The van der Waals surface area contributed by atoms with Gasteiger partial charge in [-0.15, -0.1) is 0 Å². The third-order valence-electron chi connectivity index (χ3n) is 3.57. The van der Waals surface area contributed by atoms with Crippen LogP contribution in [-0.2, 0) is 11.3 Å². The van der Waals surface area contributed by atoms with Crippen LogP contribution < -0.4 is 10.2 Å². The van der Waals surface area contributed by atoms with Crippen LogP contribution in [0.3, 0.4) is 0 Å². The maximum Gasteiger partial charge on any atom is 0.0749 e. The highest BCUT2D eigenvalue weighted by Crippen LogP contribution is 2.25. The van der Waals surface area contributed by atoms with Crippen molar-refractivity contribution in [2.24, 2.45) is 0 Å². The van der Waals surface area contributed by atoms with Crippen LogP contribution in [0.1, 0.15) is 24.8 Å². The topological polar surface area (TPSA) is 24.5 Å². The lowest BCUT2D eigenvalue weighted by Gasteiger charge is -2.30. The number of rotatable bonds is 5. The van der Waals surface area contributed by atoms with E-state index in [-0.39, 0.29) is 0 Å². The van der Waals surface area contributed by atoms with Crippen molar-refractivity contribution in [1.29, 1.82) is 0 Å². The number of halogens is 1. The molecule has 4 heteroatoms. The molecule has 1 heterocycles. The molecular weight excluding hydrogens is 260 g/mol. The summed E-state index contributed by atoms with van der Waals surface area (Å²) in [5, 5.41) is 3.98. The van der Waals surface area contributed by atoms with Crippen LogP contribution in [0.2, 0.25) is 5.02 Å². The predicted molar refractivity (Wildman–Crippen MR) is 81.1 cm³/mol. The van der Waals surface area contributed by atoms with Crippen molar-refractivity contribution >= 4 is 17.3 Å². The van der Waals surface area contributed by atoms with Gasteiger partial charge in [0, 0.05) is 37.5 Å². The summed E-state index contributed by atoms with van der Waals surface area (Å²) in [5.74, 6) is 0. The quantitative estimate of drug-likeness (QED) is 0.898. The van der Waals surface area contributed by atoms with Crippen molar-refractivity contribution < 1.29 is 4.74 Å². The molecule has 0 spiro atoms. The molecular formula is C15H23ClN2O. The first-order valence-electron chi connectivity index (χ1n) is 6.96. The highest BCUT2D eigenvalue weighted by Gasteiger charge is 2.17. The van der Waals surface area contributed by atoms with Gasteiger partial charge in [-0.1, -0.05) is 11.6 Å². The van der Waals surface area contributed by atoms with Gasteiger partial charge in [-0.2, -0.15) is 0 Å². The van der Waals surface area contributed by atoms with E-state index in [9.17, 15) is 0 Å². The number of likely N-dealkylation sites (N-methyl/N-ethyl adjacent to an activating group) is 1. The van der Waals surface area contributed by atoms with Gasteiger partial charge in [-0.25, -0.2) is 0 Å².